The minimum Gasteiger partial charge on any atom is -0.387 e. The topological polar surface area (TPSA) is 105 Å². The SMILES string of the molecule is CC/C=C\C/C=C\C/C=C\C/C=C\C/C=C\C/C=C\C/C=C\CCCCCCCCCCCCCCCCCCCCCC(=O)NC(COP(=O)(O)OCC[N+](C)(C)C)C(O)/C=C/CC/C=C/CCCCCCCCCCCCC. The number of phosphoric acid groups is 1. The minimum atomic E-state index is -4.36. The minimum absolute atomic E-state index is 0.0540. The van der Waals surface area contributed by atoms with E-state index in [2.05, 4.69) is 116 Å². The first-order valence-electron chi connectivity index (χ1n) is 33.3. The molecule has 0 saturated carbocycles. The van der Waals surface area contributed by atoms with E-state index >= 15 is 0 Å². The van der Waals surface area contributed by atoms with Gasteiger partial charge in [-0.05, 0) is 89.9 Å². The summed E-state index contributed by atoms with van der Waals surface area (Å²) >= 11 is 0. The second kappa shape index (κ2) is 60.7. The van der Waals surface area contributed by atoms with Crippen LogP contribution in [-0.2, 0) is 18.4 Å². The Labute approximate surface area is 495 Å². The maximum atomic E-state index is 13.0. The summed E-state index contributed by atoms with van der Waals surface area (Å²) in [6.45, 7) is 4.69. The highest BCUT2D eigenvalue weighted by molar-refractivity contribution is 7.47. The van der Waals surface area contributed by atoms with Crippen LogP contribution in [-0.4, -0.2) is 73.4 Å². The van der Waals surface area contributed by atoms with Gasteiger partial charge in [0.15, 0.2) is 0 Å². The molecule has 3 unspecified atom stereocenters. The summed E-state index contributed by atoms with van der Waals surface area (Å²) in [7, 11) is 1.55. The summed E-state index contributed by atoms with van der Waals surface area (Å²) in [6.07, 6.45) is 89.4. The van der Waals surface area contributed by atoms with E-state index in [9.17, 15) is 19.4 Å². The quantitative estimate of drug-likeness (QED) is 0.0243. The molecule has 3 atom stereocenters. The van der Waals surface area contributed by atoms with Crippen molar-refractivity contribution >= 4 is 13.7 Å². The van der Waals surface area contributed by atoms with Crippen LogP contribution in [0, 0.1) is 0 Å². The van der Waals surface area contributed by atoms with Gasteiger partial charge >= 0.3 is 7.82 Å². The fourth-order valence-electron chi connectivity index (χ4n) is 9.33. The van der Waals surface area contributed by atoms with E-state index in [1.807, 2.05) is 27.2 Å². The van der Waals surface area contributed by atoms with Gasteiger partial charge in [0, 0.05) is 6.42 Å². The van der Waals surface area contributed by atoms with E-state index in [1.165, 1.54) is 180 Å². The monoisotopic (exact) mass is 1140 g/mol. The summed E-state index contributed by atoms with van der Waals surface area (Å²) in [6, 6.07) is -0.867. The van der Waals surface area contributed by atoms with Crippen molar-refractivity contribution in [3.05, 3.63) is 109 Å². The number of amides is 1. The Morgan fingerprint density at radius 2 is 0.762 bits per heavy atom. The number of allylic oxidation sites excluding steroid dienone is 17. The van der Waals surface area contributed by atoms with Gasteiger partial charge in [0.2, 0.25) is 5.91 Å². The molecule has 0 saturated heterocycles. The van der Waals surface area contributed by atoms with Crippen molar-refractivity contribution in [3.8, 4) is 0 Å². The van der Waals surface area contributed by atoms with E-state index < -0.39 is 20.0 Å². The number of unbranched alkanes of at least 4 members (excludes halogenated alkanes) is 31. The first-order valence-corrected chi connectivity index (χ1v) is 34.8. The Kier molecular flexibility index (Phi) is 58.6. The van der Waals surface area contributed by atoms with Gasteiger partial charge in [-0.25, -0.2) is 4.57 Å². The molecule has 0 fully saturated rings. The zero-order valence-electron chi connectivity index (χ0n) is 52.8. The van der Waals surface area contributed by atoms with Gasteiger partial charge in [-0.15, -0.1) is 0 Å². The van der Waals surface area contributed by atoms with Gasteiger partial charge < -0.3 is 19.8 Å². The van der Waals surface area contributed by atoms with Crippen LogP contribution in [0.5, 0.6) is 0 Å². The lowest BCUT2D eigenvalue weighted by molar-refractivity contribution is -0.870. The highest BCUT2D eigenvalue weighted by Gasteiger charge is 2.27. The number of carbonyl (C=O) groups is 1. The number of nitrogens with zero attached hydrogens (tertiary/aromatic N) is 1. The molecule has 462 valence electrons. The lowest BCUT2D eigenvalue weighted by Gasteiger charge is -2.25. The lowest BCUT2D eigenvalue weighted by atomic mass is 10.0. The summed E-state index contributed by atoms with van der Waals surface area (Å²) in [5, 5.41) is 13.9. The van der Waals surface area contributed by atoms with Crippen molar-refractivity contribution in [2.24, 2.45) is 0 Å². The fraction of sp³-hybridized carbons (Fsp3) is 0.732. The molecule has 80 heavy (non-hydrogen) atoms. The number of quaternary nitrogens is 1. The van der Waals surface area contributed by atoms with Crippen LogP contribution in [0.1, 0.15) is 284 Å². The zero-order chi connectivity index (χ0) is 58.4. The van der Waals surface area contributed by atoms with Gasteiger partial charge in [-0.3, -0.25) is 13.8 Å². The van der Waals surface area contributed by atoms with E-state index in [0.29, 0.717) is 17.4 Å². The summed E-state index contributed by atoms with van der Waals surface area (Å²) in [4.78, 5) is 23.3. The number of likely N-dealkylation sites (N-methyl/N-ethyl adjacent to an activating group) is 1. The van der Waals surface area contributed by atoms with Crippen molar-refractivity contribution in [2.45, 2.75) is 296 Å². The maximum absolute atomic E-state index is 13.0. The van der Waals surface area contributed by atoms with Gasteiger partial charge in [0.25, 0.3) is 0 Å². The fourth-order valence-corrected chi connectivity index (χ4v) is 10.1. The van der Waals surface area contributed by atoms with Crippen molar-refractivity contribution in [1.29, 1.82) is 0 Å². The number of carbonyl (C=O) groups excluding carboxylic acids is 1. The molecule has 0 aliphatic rings. The summed E-state index contributed by atoms with van der Waals surface area (Å²) < 4.78 is 23.7. The van der Waals surface area contributed by atoms with Crippen LogP contribution in [0.25, 0.3) is 0 Å². The smallest absolute Gasteiger partial charge is 0.387 e. The Balaban J connectivity index is 4.00. The van der Waals surface area contributed by atoms with Crippen LogP contribution in [0.2, 0.25) is 0 Å². The highest BCUT2D eigenvalue weighted by atomic mass is 31.2. The molecule has 0 spiro atoms. The predicted octanol–water partition coefficient (Wildman–Crippen LogP) is 21.1. The largest absolute Gasteiger partial charge is 0.472 e. The van der Waals surface area contributed by atoms with Crippen molar-refractivity contribution in [2.75, 3.05) is 40.9 Å². The number of aliphatic hydroxyl groups is 1. The van der Waals surface area contributed by atoms with E-state index in [4.69, 9.17) is 9.05 Å². The molecule has 0 aromatic heterocycles. The Bertz CT molecular complexity index is 1670. The lowest BCUT2D eigenvalue weighted by Crippen LogP contribution is -2.45. The number of rotatable bonds is 60. The molecule has 0 aromatic rings. The molecule has 0 rings (SSSR count). The van der Waals surface area contributed by atoms with Gasteiger partial charge in [0.1, 0.15) is 13.2 Å². The van der Waals surface area contributed by atoms with Gasteiger partial charge in [-0.2, -0.15) is 0 Å². The first-order chi connectivity index (χ1) is 39.0. The molecule has 0 radical (unpaired) electrons. The number of phosphoric ester groups is 1. The number of nitrogens with one attached hydrogen (secondary N) is 1. The van der Waals surface area contributed by atoms with E-state index in [-0.39, 0.29) is 19.1 Å². The molecular weight excluding hydrogens is 1010 g/mol. The zero-order valence-corrected chi connectivity index (χ0v) is 53.7. The summed E-state index contributed by atoms with van der Waals surface area (Å²) in [5.41, 5.74) is 0. The second-order valence-corrected chi connectivity index (χ2v) is 24.9. The third-order valence-corrected chi connectivity index (χ3v) is 15.5. The van der Waals surface area contributed by atoms with Gasteiger partial charge in [0.05, 0.1) is 39.9 Å². The molecule has 8 nitrogen and oxygen atoms in total. The van der Waals surface area contributed by atoms with E-state index in [0.717, 1.165) is 83.5 Å². The van der Waals surface area contributed by atoms with Crippen LogP contribution in [0.15, 0.2) is 109 Å². The van der Waals surface area contributed by atoms with Crippen LogP contribution in [0.3, 0.4) is 0 Å². The van der Waals surface area contributed by atoms with E-state index in [1.54, 1.807) is 6.08 Å². The molecule has 9 heteroatoms. The standard InChI is InChI=1S/C71H127N2O6P/c1-6-8-10-12-14-16-18-20-22-24-25-26-27-28-29-30-31-32-33-34-35-36-37-38-39-40-41-42-43-44-45-46-47-49-51-53-55-57-59-61-63-65-71(75)72-69(68-79-80(76,77)78-67-66-73(3,4)5)70(74)64-62-60-58-56-54-52-50-48-23-21-19-17-15-13-11-9-7-2/h8,10,14,16,20,22,25-26,28-29,31-32,34-35,54,56,62,64,69-70,74H,6-7,9,11-13,15,17-19,21,23-24,27,30,33,36-53,55,57-61,63,65-68H2,1-5H3,(H-,72,75,76,77)/p+1/b10-8-,16-14-,22-20-,26-25-,29-28-,32-31-,35-34-,56-54+,64-62+. The summed E-state index contributed by atoms with van der Waals surface area (Å²) in [5.74, 6) is -0.186. The number of aliphatic hydroxyl groups excluding tert-OH is 1. The number of hydrogen-bond acceptors (Lipinski definition) is 5. The molecular formula is C71H128N2O6P+. The normalized spacial score (nSPS) is 14.4. The number of hydrogen-bond donors (Lipinski definition) is 3. The Morgan fingerprint density at radius 3 is 1.15 bits per heavy atom. The third kappa shape index (κ3) is 62.8. The van der Waals surface area contributed by atoms with Crippen molar-refractivity contribution < 1.29 is 32.9 Å². The molecule has 1 amide bonds. The molecule has 0 bridgehead atoms. The molecule has 0 aliphatic carbocycles. The molecule has 0 heterocycles. The molecule has 0 aromatic carbocycles. The van der Waals surface area contributed by atoms with Crippen LogP contribution >= 0.6 is 7.82 Å². The second-order valence-electron chi connectivity index (χ2n) is 23.5. The molecule has 0 aliphatic heterocycles. The molecule has 3 N–H and O–H groups in total. The van der Waals surface area contributed by atoms with Gasteiger partial charge in [-0.1, -0.05) is 297 Å². The van der Waals surface area contributed by atoms with Crippen molar-refractivity contribution in [1.82, 2.24) is 5.32 Å². The predicted molar refractivity (Wildman–Crippen MR) is 350 cm³/mol. The Hall–Kier alpha value is -2.84. The highest BCUT2D eigenvalue weighted by Crippen LogP contribution is 2.43. The average Bonchev–Trinajstić information content (AvgIpc) is 3.42. The maximum Gasteiger partial charge on any atom is 0.472 e. The Morgan fingerprint density at radius 1 is 0.438 bits per heavy atom. The van der Waals surface area contributed by atoms with Crippen LogP contribution in [0.4, 0.5) is 0 Å². The first kappa shape index (κ1) is 77.2. The van der Waals surface area contributed by atoms with Crippen LogP contribution < -0.4 is 5.32 Å². The average molecular weight is 1140 g/mol. The third-order valence-electron chi connectivity index (χ3n) is 14.5. The van der Waals surface area contributed by atoms with Crippen molar-refractivity contribution in [3.63, 3.8) is 0 Å².